The maximum absolute atomic E-state index is 12.1. The third-order valence-electron chi connectivity index (χ3n) is 3.97. The summed E-state index contributed by atoms with van der Waals surface area (Å²) in [5.41, 5.74) is 0.676. The first-order chi connectivity index (χ1) is 10.2. The van der Waals surface area contributed by atoms with Crippen molar-refractivity contribution in [3.63, 3.8) is 0 Å². The van der Waals surface area contributed by atoms with Crippen LogP contribution >= 0.6 is 0 Å². The van der Waals surface area contributed by atoms with Gasteiger partial charge in [-0.25, -0.2) is 0 Å². The van der Waals surface area contributed by atoms with E-state index in [0.717, 1.165) is 18.6 Å². The number of rotatable bonds is 7. The van der Waals surface area contributed by atoms with Gasteiger partial charge in [-0.3, -0.25) is 4.79 Å². The van der Waals surface area contributed by atoms with Crippen LogP contribution < -0.4 is 4.74 Å². The standard InChI is InChI=1S/C18H24O3/c1-3-21-17-10-8-15(9-11-17)18(19)13-20-12-16-7-5-4-6-14(16)2/h4-5,8-11,14,16H,3,6-7,12-13H2,1-2H3. The molecule has 21 heavy (non-hydrogen) atoms. The summed E-state index contributed by atoms with van der Waals surface area (Å²) in [4.78, 5) is 12.1. The number of hydrogen-bond donors (Lipinski definition) is 0. The van der Waals surface area contributed by atoms with Crippen LogP contribution in [0.25, 0.3) is 0 Å². The molecule has 0 N–H and O–H groups in total. The van der Waals surface area contributed by atoms with Gasteiger partial charge in [0, 0.05) is 5.56 Å². The van der Waals surface area contributed by atoms with Crippen molar-refractivity contribution in [1.82, 2.24) is 0 Å². The molecule has 3 heteroatoms. The molecule has 1 aliphatic carbocycles. The van der Waals surface area contributed by atoms with Gasteiger partial charge in [0.25, 0.3) is 0 Å². The van der Waals surface area contributed by atoms with Gasteiger partial charge in [0.05, 0.1) is 13.2 Å². The predicted molar refractivity (Wildman–Crippen MR) is 83.8 cm³/mol. The van der Waals surface area contributed by atoms with Crippen molar-refractivity contribution < 1.29 is 14.3 Å². The Bertz CT molecular complexity index is 476. The van der Waals surface area contributed by atoms with E-state index in [2.05, 4.69) is 19.1 Å². The van der Waals surface area contributed by atoms with Gasteiger partial charge >= 0.3 is 0 Å². The molecule has 0 heterocycles. The molecule has 2 rings (SSSR count). The molecule has 0 fully saturated rings. The molecule has 0 spiro atoms. The van der Waals surface area contributed by atoms with Crippen LogP contribution in [0.15, 0.2) is 36.4 Å². The summed E-state index contributed by atoms with van der Waals surface area (Å²) >= 11 is 0. The molecule has 2 unspecified atom stereocenters. The highest BCUT2D eigenvalue weighted by Crippen LogP contribution is 2.25. The summed E-state index contributed by atoms with van der Waals surface area (Å²) in [7, 11) is 0. The molecule has 0 aliphatic heterocycles. The lowest BCUT2D eigenvalue weighted by Crippen LogP contribution is -2.21. The summed E-state index contributed by atoms with van der Waals surface area (Å²) in [5, 5.41) is 0. The molecule has 1 aliphatic rings. The van der Waals surface area contributed by atoms with E-state index in [0.29, 0.717) is 30.6 Å². The van der Waals surface area contributed by atoms with Crippen molar-refractivity contribution in [2.75, 3.05) is 19.8 Å². The molecule has 0 bridgehead atoms. The molecule has 0 amide bonds. The van der Waals surface area contributed by atoms with Crippen molar-refractivity contribution in [2.45, 2.75) is 26.7 Å². The fraction of sp³-hybridized carbons (Fsp3) is 0.500. The van der Waals surface area contributed by atoms with Gasteiger partial charge in [0.2, 0.25) is 0 Å². The predicted octanol–water partition coefficient (Wildman–Crippen LogP) is 3.89. The molecule has 1 aromatic rings. The summed E-state index contributed by atoms with van der Waals surface area (Å²) < 4.78 is 11.0. The number of ketones is 1. The van der Waals surface area contributed by atoms with Crippen LogP contribution in [0.5, 0.6) is 5.75 Å². The first-order valence-electron chi connectivity index (χ1n) is 7.69. The van der Waals surface area contributed by atoms with Crippen molar-refractivity contribution in [3.05, 3.63) is 42.0 Å². The maximum Gasteiger partial charge on any atom is 0.188 e. The Balaban J connectivity index is 1.77. The smallest absolute Gasteiger partial charge is 0.188 e. The van der Waals surface area contributed by atoms with Crippen LogP contribution in [-0.4, -0.2) is 25.6 Å². The van der Waals surface area contributed by atoms with Crippen LogP contribution in [0.2, 0.25) is 0 Å². The van der Waals surface area contributed by atoms with Crippen LogP contribution in [0.3, 0.4) is 0 Å². The highest BCUT2D eigenvalue weighted by Gasteiger charge is 2.18. The zero-order valence-corrected chi connectivity index (χ0v) is 12.9. The second kappa shape index (κ2) is 7.99. The quantitative estimate of drug-likeness (QED) is 0.564. The minimum Gasteiger partial charge on any atom is -0.494 e. The molecule has 114 valence electrons. The highest BCUT2D eigenvalue weighted by atomic mass is 16.5. The van der Waals surface area contributed by atoms with E-state index in [1.807, 2.05) is 19.1 Å². The lowest BCUT2D eigenvalue weighted by molar-refractivity contribution is 0.0602. The Morgan fingerprint density at radius 2 is 1.90 bits per heavy atom. The van der Waals surface area contributed by atoms with Crippen molar-refractivity contribution >= 4 is 5.78 Å². The van der Waals surface area contributed by atoms with E-state index in [1.54, 1.807) is 12.1 Å². The van der Waals surface area contributed by atoms with E-state index in [4.69, 9.17) is 9.47 Å². The molecule has 0 radical (unpaired) electrons. The Morgan fingerprint density at radius 1 is 1.19 bits per heavy atom. The largest absolute Gasteiger partial charge is 0.494 e. The third kappa shape index (κ3) is 4.71. The summed E-state index contributed by atoms with van der Waals surface area (Å²) in [6.45, 7) is 5.62. The topological polar surface area (TPSA) is 35.5 Å². The van der Waals surface area contributed by atoms with E-state index < -0.39 is 0 Å². The Labute approximate surface area is 127 Å². The average molecular weight is 288 g/mol. The lowest BCUT2D eigenvalue weighted by Gasteiger charge is -2.24. The number of Topliss-reactive ketones (excluding diaryl/α,β-unsaturated/α-hetero) is 1. The number of benzene rings is 1. The van der Waals surface area contributed by atoms with Gasteiger partial charge < -0.3 is 9.47 Å². The van der Waals surface area contributed by atoms with Gasteiger partial charge in [-0.1, -0.05) is 19.1 Å². The first kappa shape index (κ1) is 15.8. The van der Waals surface area contributed by atoms with Gasteiger partial charge in [-0.05, 0) is 55.9 Å². The SMILES string of the molecule is CCOc1ccc(C(=O)COCC2CC=CCC2C)cc1. The Hall–Kier alpha value is -1.61. The molecule has 1 aromatic carbocycles. The van der Waals surface area contributed by atoms with Gasteiger partial charge in [0.1, 0.15) is 12.4 Å². The van der Waals surface area contributed by atoms with Gasteiger partial charge in [0.15, 0.2) is 5.78 Å². The lowest BCUT2D eigenvalue weighted by atomic mass is 9.85. The third-order valence-corrected chi connectivity index (χ3v) is 3.97. The van der Waals surface area contributed by atoms with E-state index >= 15 is 0 Å². The van der Waals surface area contributed by atoms with Gasteiger partial charge in [-0.15, -0.1) is 0 Å². The molecular formula is C18H24O3. The Kier molecular flexibility index (Phi) is 6.00. The number of carbonyl (C=O) groups is 1. The minimum absolute atomic E-state index is 0.0250. The van der Waals surface area contributed by atoms with Crippen LogP contribution in [0.4, 0.5) is 0 Å². The van der Waals surface area contributed by atoms with E-state index in [9.17, 15) is 4.79 Å². The second-order valence-electron chi connectivity index (χ2n) is 5.58. The zero-order chi connectivity index (χ0) is 15.1. The molecule has 2 atom stereocenters. The number of carbonyl (C=O) groups excluding carboxylic acids is 1. The van der Waals surface area contributed by atoms with E-state index in [1.165, 1.54) is 0 Å². The van der Waals surface area contributed by atoms with Crippen molar-refractivity contribution in [1.29, 1.82) is 0 Å². The number of ether oxygens (including phenoxy) is 2. The summed E-state index contributed by atoms with van der Waals surface area (Å²) in [6.07, 6.45) is 6.60. The normalized spacial score (nSPS) is 21.2. The Morgan fingerprint density at radius 3 is 2.57 bits per heavy atom. The fourth-order valence-electron chi connectivity index (χ4n) is 2.53. The average Bonchev–Trinajstić information content (AvgIpc) is 2.50. The number of hydrogen-bond acceptors (Lipinski definition) is 3. The molecule has 3 nitrogen and oxygen atoms in total. The molecule has 0 saturated carbocycles. The summed E-state index contributed by atoms with van der Waals surface area (Å²) in [5.74, 6) is 1.98. The van der Waals surface area contributed by atoms with Crippen molar-refractivity contribution in [2.24, 2.45) is 11.8 Å². The van der Waals surface area contributed by atoms with Crippen LogP contribution in [0, 0.1) is 11.8 Å². The minimum atomic E-state index is 0.0250. The fourth-order valence-corrected chi connectivity index (χ4v) is 2.53. The van der Waals surface area contributed by atoms with Gasteiger partial charge in [-0.2, -0.15) is 0 Å². The highest BCUT2D eigenvalue weighted by molar-refractivity contribution is 5.97. The number of allylic oxidation sites excluding steroid dienone is 2. The van der Waals surface area contributed by atoms with Crippen LogP contribution in [-0.2, 0) is 4.74 Å². The molecular weight excluding hydrogens is 264 g/mol. The molecule has 0 saturated heterocycles. The molecule has 0 aromatic heterocycles. The second-order valence-corrected chi connectivity index (χ2v) is 5.58. The van der Waals surface area contributed by atoms with Crippen molar-refractivity contribution in [3.8, 4) is 5.75 Å². The van der Waals surface area contributed by atoms with Crippen LogP contribution in [0.1, 0.15) is 37.0 Å². The monoisotopic (exact) mass is 288 g/mol. The first-order valence-corrected chi connectivity index (χ1v) is 7.69. The maximum atomic E-state index is 12.1. The van der Waals surface area contributed by atoms with E-state index in [-0.39, 0.29) is 12.4 Å². The summed E-state index contributed by atoms with van der Waals surface area (Å²) in [6, 6.07) is 7.24. The zero-order valence-electron chi connectivity index (χ0n) is 12.9.